The molecule has 1 fully saturated rings. The van der Waals surface area contributed by atoms with Gasteiger partial charge in [0, 0.05) is 68.5 Å². The summed E-state index contributed by atoms with van der Waals surface area (Å²) in [4.78, 5) is 43.3. The molecule has 3 heterocycles. The Morgan fingerprint density at radius 3 is 1.70 bits per heavy atom. The van der Waals surface area contributed by atoms with E-state index >= 15 is 0 Å². The van der Waals surface area contributed by atoms with Gasteiger partial charge < -0.3 is 61.5 Å². The second kappa shape index (κ2) is 37.1. The standard InChI is InChI=1S/C60H89N3O21S2/c1-59(2,3)51-45-48(12-10-13-55-60(4,21-11-43-85(67,68)69)52-46-49(86(70,71)72)16-18-53(52)62(55)22-9-7-8-14-58(66)84-63-56(64)19-20-57(63)65)83-54-44-47(15-17-50(51)54)61(23-25-75-31-33-79-39-41-81-37-35-77-29-27-73-5)24-26-76-32-34-80-40-42-82-38-36-78-30-28-74-6/h10,12-13,15-18,44-46H,7-9,11,14,19-43H2,1-6H3,(H-,67,68,69,70,71,72)/p+1. The van der Waals surface area contributed by atoms with Crippen LogP contribution in [0.2, 0.25) is 0 Å². The van der Waals surface area contributed by atoms with E-state index in [0.717, 1.165) is 16.5 Å². The van der Waals surface area contributed by atoms with Gasteiger partial charge in [0.1, 0.15) is 24.7 Å². The maximum Gasteiger partial charge on any atom is 0.333 e. The summed E-state index contributed by atoms with van der Waals surface area (Å²) in [7, 11) is -5.78. The summed E-state index contributed by atoms with van der Waals surface area (Å²) < 4.78 is 133. The Morgan fingerprint density at radius 1 is 0.674 bits per heavy atom. The van der Waals surface area contributed by atoms with Gasteiger partial charge in [-0.2, -0.15) is 16.8 Å². The Morgan fingerprint density at radius 2 is 1.20 bits per heavy atom. The lowest BCUT2D eigenvalue weighted by Gasteiger charge is -2.30. The van der Waals surface area contributed by atoms with Crippen molar-refractivity contribution in [3.8, 4) is 11.3 Å². The summed E-state index contributed by atoms with van der Waals surface area (Å²) in [5.41, 5.74) is 2.35. The molecule has 2 N–H and O–H groups in total. The molecule has 86 heavy (non-hydrogen) atoms. The van der Waals surface area contributed by atoms with E-state index in [1.54, 1.807) is 20.3 Å². The number of benzene rings is 2. The van der Waals surface area contributed by atoms with E-state index in [4.69, 9.17) is 56.6 Å². The molecule has 24 nitrogen and oxygen atoms in total. The Hall–Kier alpha value is -5.04. The van der Waals surface area contributed by atoms with Crippen LogP contribution in [0, 0.1) is 0 Å². The monoisotopic (exact) mass is 1250 g/mol. The molecule has 1 aliphatic carbocycles. The number of hydrogen-bond acceptors (Lipinski definition) is 20. The highest BCUT2D eigenvalue weighted by Gasteiger charge is 2.44. The van der Waals surface area contributed by atoms with Crippen molar-refractivity contribution in [2.75, 3.05) is 163 Å². The number of nitrogens with zero attached hydrogens (tertiary/aromatic N) is 3. The summed E-state index contributed by atoms with van der Waals surface area (Å²) in [6, 6.07) is 12.4. The van der Waals surface area contributed by atoms with Crippen molar-refractivity contribution < 1.29 is 96.9 Å². The fourth-order valence-corrected chi connectivity index (χ4v) is 10.7. The van der Waals surface area contributed by atoms with Crippen LogP contribution >= 0.6 is 0 Å². The van der Waals surface area contributed by atoms with Gasteiger partial charge in [0.05, 0.1) is 122 Å². The van der Waals surface area contributed by atoms with Gasteiger partial charge >= 0.3 is 5.97 Å². The number of rotatable bonds is 44. The minimum atomic E-state index is -4.66. The molecule has 0 aromatic heterocycles. The second-order valence-corrected chi connectivity index (χ2v) is 24.7. The van der Waals surface area contributed by atoms with Gasteiger partial charge in [-0.3, -0.25) is 18.7 Å². The van der Waals surface area contributed by atoms with E-state index in [-0.39, 0.29) is 42.4 Å². The molecule has 0 radical (unpaired) electrons. The lowest BCUT2D eigenvalue weighted by atomic mass is 9.77. The van der Waals surface area contributed by atoms with E-state index in [1.807, 2.05) is 48.3 Å². The Bertz CT molecular complexity index is 2870. The first-order valence-electron chi connectivity index (χ1n) is 29.2. The summed E-state index contributed by atoms with van der Waals surface area (Å²) >= 11 is 0. The van der Waals surface area contributed by atoms with Crippen LogP contribution in [-0.4, -0.2) is 207 Å². The van der Waals surface area contributed by atoms with Crippen molar-refractivity contribution in [2.45, 2.75) is 94.8 Å². The van der Waals surface area contributed by atoms with Gasteiger partial charge in [-0.05, 0) is 91.6 Å². The number of methoxy groups -OCH3 is 2. The highest BCUT2D eigenvalue weighted by atomic mass is 32.2. The molecule has 1 aromatic carbocycles. The number of hydroxylamine groups is 2. The van der Waals surface area contributed by atoms with Crippen LogP contribution in [0.15, 0.2) is 69.6 Å². The lowest BCUT2D eigenvalue weighted by Crippen LogP contribution is -2.36. The number of amides is 2. The number of anilines is 1. The van der Waals surface area contributed by atoms with Crippen molar-refractivity contribution in [1.82, 2.24) is 9.64 Å². The molecule has 1 unspecified atom stereocenters. The smallest absolute Gasteiger partial charge is 0.333 e. The first kappa shape index (κ1) is 71.7. The van der Waals surface area contributed by atoms with Crippen molar-refractivity contribution in [1.29, 1.82) is 0 Å². The number of hydrogen-bond donors (Lipinski definition) is 2. The third kappa shape index (κ3) is 24.5. The molecule has 3 aliphatic heterocycles. The number of carbonyl (C=O) groups is 3. The minimum absolute atomic E-state index is 0.00612. The van der Waals surface area contributed by atoms with E-state index in [0.29, 0.717) is 191 Å². The summed E-state index contributed by atoms with van der Waals surface area (Å²) in [6.07, 6.45) is 6.94. The molecule has 482 valence electrons. The largest absolute Gasteiger partial charge is 0.456 e. The highest BCUT2D eigenvalue weighted by molar-refractivity contribution is 7.86. The number of carbonyl (C=O) groups excluding carboxylic acids is 3. The van der Waals surface area contributed by atoms with E-state index < -0.39 is 49.2 Å². The Labute approximate surface area is 506 Å². The van der Waals surface area contributed by atoms with Crippen molar-refractivity contribution in [2.24, 2.45) is 0 Å². The third-order valence-electron chi connectivity index (χ3n) is 14.1. The number of allylic oxidation sites excluding steroid dienone is 3. The van der Waals surface area contributed by atoms with Gasteiger partial charge in [-0.1, -0.05) is 33.3 Å². The van der Waals surface area contributed by atoms with Crippen LogP contribution in [0.5, 0.6) is 0 Å². The van der Waals surface area contributed by atoms with Crippen LogP contribution in [0.25, 0.3) is 17.4 Å². The molecule has 0 bridgehead atoms. The van der Waals surface area contributed by atoms with Gasteiger partial charge in [0.2, 0.25) is 5.36 Å². The fraction of sp³-hybridized carbons (Fsp3) is 0.633. The third-order valence-corrected chi connectivity index (χ3v) is 15.8. The van der Waals surface area contributed by atoms with Crippen molar-refractivity contribution in [3.05, 3.63) is 82.6 Å². The average molecular weight is 1250 g/mol. The number of ether oxygens (including phenoxy) is 10. The molecule has 2 amide bonds. The van der Waals surface area contributed by atoms with Gasteiger partial charge in [-0.15, -0.1) is 5.06 Å². The van der Waals surface area contributed by atoms with E-state index in [2.05, 4.69) is 31.4 Å². The molecule has 4 aliphatic rings. The van der Waals surface area contributed by atoms with Crippen LogP contribution in [0.1, 0.15) is 95.9 Å². The quantitative estimate of drug-likeness (QED) is 0.0300. The number of unbranched alkanes of at least 4 members (excludes halogenated alkanes) is 2. The molecule has 26 heteroatoms. The number of fused-ring (bicyclic) bond motifs is 2. The first-order valence-corrected chi connectivity index (χ1v) is 32.3. The maximum absolute atomic E-state index is 12.6. The zero-order chi connectivity index (χ0) is 62.4. The summed E-state index contributed by atoms with van der Waals surface area (Å²) in [6.45, 7) is 17.6. The molecule has 5 rings (SSSR count). The predicted octanol–water partition coefficient (Wildman–Crippen LogP) is 5.64. The Kier molecular flexibility index (Phi) is 30.9. The minimum Gasteiger partial charge on any atom is -0.456 e. The van der Waals surface area contributed by atoms with Crippen LogP contribution < -0.4 is 14.8 Å². The Balaban J connectivity index is 1.39. The molecular weight excluding hydrogens is 1160 g/mol. The fourth-order valence-electron chi connectivity index (χ4n) is 9.68. The summed E-state index contributed by atoms with van der Waals surface area (Å²) in [5.74, 6) is -1.27. The molecule has 0 spiro atoms. The van der Waals surface area contributed by atoms with Crippen molar-refractivity contribution >= 4 is 49.8 Å². The SMILES string of the molecule is COCCOCCOCCOCCOCC[N+](CCOCCOCCOCCOCCOC)=c1ccc2c(C(C)(C)C)cc(/C=C/C=C3/N(CCCCCC(=O)ON4C(=O)CCC4=O)c4ccc(S(=O)(=O)O)cc4C3(C)CCCS(=O)(=O)O)oc-2c1. The first-order chi connectivity index (χ1) is 41.2. The zero-order valence-electron chi connectivity index (χ0n) is 50.8. The highest BCUT2D eigenvalue weighted by Crippen LogP contribution is 2.51. The normalized spacial score (nSPS) is 16.2. The topological polar surface area (TPSA) is 284 Å². The average Bonchev–Trinajstić information content (AvgIpc) is 1.61. The molecule has 1 aromatic rings. The molecule has 1 saturated heterocycles. The van der Waals surface area contributed by atoms with Crippen LogP contribution in [-0.2, 0) is 97.7 Å². The molecular formula is C60H90N3O21S2+. The van der Waals surface area contributed by atoms with E-state index in [9.17, 15) is 40.3 Å². The zero-order valence-corrected chi connectivity index (χ0v) is 52.4. The molecule has 1 atom stereocenters. The summed E-state index contributed by atoms with van der Waals surface area (Å²) in [5, 5.41) is 1.39. The second-order valence-electron chi connectivity index (χ2n) is 21.7. The molecule has 0 saturated carbocycles. The number of imide groups is 1. The van der Waals surface area contributed by atoms with Gasteiger partial charge in [0.25, 0.3) is 32.1 Å². The maximum atomic E-state index is 12.6. The van der Waals surface area contributed by atoms with E-state index in [1.165, 1.54) is 12.1 Å². The predicted molar refractivity (Wildman–Crippen MR) is 319 cm³/mol. The van der Waals surface area contributed by atoms with Gasteiger partial charge in [-0.25, -0.2) is 9.37 Å². The van der Waals surface area contributed by atoms with Crippen LogP contribution in [0.3, 0.4) is 0 Å². The van der Waals surface area contributed by atoms with Crippen LogP contribution in [0.4, 0.5) is 5.69 Å². The van der Waals surface area contributed by atoms with Gasteiger partial charge in [0.15, 0.2) is 13.1 Å². The lowest BCUT2D eigenvalue weighted by molar-refractivity contribution is -0.197. The van der Waals surface area contributed by atoms with Crippen molar-refractivity contribution in [3.63, 3.8) is 0 Å².